The number of imide groups is 1. The summed E-state index contributed by atoms with van der Waals surface area (Å²) >= 11 is 0. The Kier molecular flexibility index (Phi) is 8.66. The van der Waals surface area contributed by atoms with Gasteiger partial charge < -0.3 is 20.1 Å². The monoisotopic (exact) mass is 757 g/mol. The summed E-state index contributed by atoms with van der Waals surface area (Å²) < 4.78 is 6.40. The number of likely N-dealkylation sites (tertiary alicyclic amines) is 1. The lowest BCUT2D eigenvalue weighted by molar-refractivity contribution is -0.125. The largest absolute Gasteiger partial charge is 0.508 e. The zero-order valence-electron chi connectivity index (χ0n) is 31.6. The number of phenols is 1. The highest BCUT2D eigenvalue weighted by Gasteiger charge is 2.45. The van der Waals surface area contributed by atoms with Gasteiger partial charge in [-0.05, 0) is 113 Å². The number of anilines is 1. The minimum Gasteiger partial charge on any atom is -0.508 e. The van der Waals surface area contributed by atoms with Crippen molar-refractivity contribution in [1.29, 1.82) is 0 Å². The van der Waals surface area contributed by atoms with Crippen molar-refractivity contribution in [2.45, 2.75) is 69.3 Å². The molecule has 286 valence electrons. The maximum absolute atomic E-state index is 13.4. The molecule has 0 saturated carbocycles. The number of rotatable bonds is 8. The molecule has 57 heavy (non-hydrogen) atoms. The fourth-order valence-electron chi connectivity index (χ4n) is 9.52. The number of amides is 3. The molecule has 10 nitrogen and oxygen atoms in total. The van der Waals surface area contributed by atoms with Crippen LogP contribution in [0.1, 0.15) is 90.8 Å². The fraction of sp³-hybridized carbons (Fsp3) is 0.277. The van der Waals surface area contributed by atoms with Gasteiger partial charge in [-0.15, -0.1) is 0 Å². The van der Waals surface area contributed by atoms with E-state index >= 15 is 0 Å². The number of ether oxygens (including phenoxy) is 1. The molecular weight excluding hydrogens is 715 g/mol. The molecule has 5 heterocycles. The van der Waals surface area contributed by atoms with E-state index in [2.05, 4.69) is 88.4 Å². The second kappa shape index (κ2) is 14.0. The molecule has 3 unspecified atom stereocenters. The molecule has 1 aromatic heterocycles. The van der Waals surface area contributed by atoms with Gasteiger partial charge in [0.15, 0.2) is 0 Å². The summed E-state index contributed by atoms with van der Waals surface area (Å²) in [5.74, 6) is 1.41. The second-order valence-electron chi connectivity index (χ2n) is 16.1. The Morgan fingerprint density at radius 1 is 0.789 bits per heavy atom. The third-order valence-corrected chi connectivity index (χ3v) is 12.4. The summed E-state index contributed by atoms with van der Waals surface area (Å²) in [4.78, 5) is 49.8. The van der Waals surface area contributed by atoms with Gasteiger partial charge >= 0.3 is 0 Å². The number of aromatic hydroxyl groups is 1. The molecule has 10 rings (SSSR count). The Morgan fingerprint density at radius 2 is 1.53 bits per heavy atom. The number of aryl methyl sites for hydroxylation is 1. The SMILES string of the molecule is C=C1CCC(N2C(=O)c3cc4c(cc3C2=O)CN(c2ccc(CN3CC(Oc5ccc(C6c7ccc(O)cc7CCC6c6ccccc6)cc5)C3)cn2)C4)C(=O)N1. The van der Waals surface area contributed by atoms with E-state index in [-0.39, 0.29) is 17.9 Å². The van der Waals surface area contributed by atoms with Gasteiger partial charge in [-0.1, -0.05) is 61.2 Å². The maximum atomic E-state index is 13.4. The quantitative estimate of drug-likeness (QED) is 0.166. The molecule has 2 saturated heterocycles. The first kappa shape index (κ1) is 35.2. The van der Waals surface area contributed by atoms with Crippen LogP contribution in [-0.2, 0) is 30.8 Å². The van der Waals surface area contributed by atoms with Gasteiger partial charge in [-0.3, -0.25) is 24.2 Å². The lowest BCUT2D eigenvalue weighted by Gasteiger charge is -2.39. The highest BCUT2D eigenvalue weighted by Crippen LogP contribution is 2.47. The number of aromatic nitrogens is 1. The predicted octanol–water partition coefficient (Wildman–Crippen LogP) is 6.82. The molecule has 3 amide bonds. The number of carbonyl (C=O) groups excluding carboxylic acids is 3. The van der Waals surface area contributed by atoms with Crippen molar-refractivity contribution in [3.05, 3.63) is 166 Å². The van der Waals surface area contributed by atoms with Crippen LogP contribution in [0.2, 0.25) is 0 Å². The van der Waals surface area contributed by atoms with Crippen molar-refractivity contribution >= 4 is 23.5 Å². The number of carbonyl (C=O) groups is 3. The topological polar surface area (TPSA) is 115 Å². The van der Waals surface area contributed by atoms with E-state index in [0.29, 0.717) is 54.4 Å². The Labute approximate surface area is 331 Å². The van der Waals surface area contributed by atoms with Gasteiger partial charge in [0.1, 0.15) is 29.5 Å². The average Bonchev–Trinajstić information content (AvgIpc) is 3.73. The molecule has 0 spiro atoms. The van der Waals surface area contributed by atoms with Crippen LogP contribution >= 0.6 is 0 Å². The van der Waals surface area contributed by atoms with E-state index in [1.807, 2.05) is 36.5 Å². The molecule has 5 aromatic rings. The van der Waals surface area contributed by atoms with Crippen LogP contribution in [-0.4, -0.2) is 62.8 Å². The summed E-state index contributed by atoms with van der Waals surface area (Å²) in [5, 5.41) is 12.9. The number of benzene rings is 4. The second-order valence-corrected chi connectivity index (χ2v) is 16.1. The van der Waals surface area contributed by atoms with E-state index in [9.17, 15) is 19.5 Å². The van der Waals surface area contributed by atoms with Crippen molar-refractivity contribution in [2.24, 2.45) is 0 Å². The third kappa shape index (κ3) is 6.43. The first-order chi connectivity index (χ1) is 27.8. The predicted molar refractivity (Wildman–Crippen MR) is 215 cm³/mol. The highest BCUT2D eigenvalue weighted by molar-refractivity contribution is 6.23. The van der Waals surface area contributed by atoms with Crippen LogP contribution in [0, 0.1) is 0 Å². The van der Waals surface area contributed by atoms with Crippen LogP contribution in [0.25, 0.3) is 0 Å². The lowest BCUT2D eigenvalue weighted by Crippen LogP contribution is -2.53. The number of pyridine rings is 1. The smallest absolute Gasteiger partial charge is 0.262 e. The van der Waals surface area contributed by atoms with Gasteiger partial charge in [-0.25, -0.2) is 4.98 Å². The summed E-state index contributed by atoms with van der Waals surface area (Å²) in [6.07, 6.45) is 4.94. The molecular formula is C47H43N5O5. The van der Waals surface area contributed by atoms with E-state index in [1.165, 1.54) is 22.3 Å². The molecule has 3 atom stereocenters. The first-order valence-electron chi connectivity index (χ1n) is 19.8. The lowest BCUT2D eigenvalue weighted by atomic mass is 9.69. The number of fused-ring (bicyclic) bond motifs is 3. The standard InChI is InChI=1S/C47H43N5O5/c1-28-7-17-42(45(54)49-28)52-46(55)40-20-33-24-51(25-34(33)21-41(40)47(52)56)43-18-8-29(22-48-43)23-50-26-37(27-50)57-36-13-9-31(10-14-36)44-38(30-5-3-2-4-6-30)15-11-32-19-35(53)12-16-39(32)44/h2-6,8-10,12-14,16,18-22,37-38,42,44,53H,1,7,11,15,17,23-27H2,(H,49,54). The molecule has 5 aliphatic rings. The van der Waals surface area contributed by atoms with Crippen molar-refractivity contribution in [3.8, 4) is 11.5 Å². The minimum atomic E-state index is -0.817. The van der Waals surface area contributed by atoms with Gasteiger partial charge in [0.05, 0.1) is 11.1 Å². The molecule has 2 fully saturated rings. The van der Waals surface area contributed by atoms with Crippen LogP contribution in [0.5, 0.6) is 11.5 Å². The minimum absolute atomic E-state index is 0.119. The van der Waals surface area contributed by atoms with Crippen LogP contribution < -0.4 is 15.0 Å². The molecule has 0 radical (unpaired) electrons. The summed E-state index contributed by atoms with van der Waals surface area (Å²) in [6.45, 7) is 7.42. The summed E-state index contributed by atoms with van der Waals surface area (Å²) in [5.41, 5.74) is 9.54. The Balaban J connectivity index is 0.739. The molecule has 0 bridgehead atoms. The number of hydrogen-bond donors (Lipinski definition) is 2. The highest BCUT2D eigenvalue weighted by atomic mass is 16.5. The van der Waals surface area contributed by atoms with Crippen LogP contribution in [0.4, 0.5) is 5.82 Å². The number of nitrogens with zero attached hydrogens (tertiary/aromatic N) is 4. The molecule has 4 aromatic carbocycles. The fourth-order valence-corrected chi connectivity index (χ4v) is 9.52. The van der Waals surface area contributed by atoms with E-state index in [4.69, 9.17) is 9.72 Å². The van der Waals surface area contributed by atoms with E-state index < -0.39 is 17.9 Å². The molecule has 10 heteroatoms. The summed E-state index contributed by atoms with van der Waals surface area (Å²) in [7, 11) is 0. The maximum Gasteiger partial charge on any atom is 0.262 e. The molecule has 2 N–H and O–H groups in total. The number of hydrogen-bond acceptors (Lipinski definition) is 8. The van der Waals surface area contributed by atoms with Gasteiger partial charge in [0.2, 0.25) is 5.91 Å². The van der Waals surface area contributed by atoms with Crippen LogP contribution in [0.3, 0.4) is 0 Å². The number of phenolic OH excluding ortho intramolecular Hbond substituents is 1. The zero-order chi connectivity index (χ0) is 38.8. The normalized spacial score (nSPS) is 21.9. The zero-order valence-corrected chi connectivity index (χ0v) is 31.6. The van der Waals surface area contributed by atoms with Gasteiger partial charge in [0, 0.05) is 50.5 Å². The average molecular weight is 758 g/mol. The van der Waals surface area contributed by atoms with Gasteiger partial charge in [-0.2, -0.15) is 0 Å². The van der Waals surface area contributed by atoms with Crippen molar-refractivity contribution in [1.82, 2.24) is 20.1 Å². The van der Waals surface area contributed by atoms with Crippen molar-refractivity contribution < 1.29 is 24.2 Å². The van der Waals surface area contributed by atoms with Crippen LogP contribution in [0.15, 0.2) is 116 Å². The Hall–Kier alpha value is -6.26. The Bertz CT molecular complexity index is 2380. The third-order valence-electron chi connectivity index (χ3n) is 12.4. The van der Waals surface area contributed by atoms with Gasteiger partial charge in [0.25, 0.3) is 11.8 Å². The summed E-state index contributed by atoms with van der Waals surface area (Å²) in [6, 6.07) is 32.2. The van der Waals surface area contributed by atoms with Crippen molar-refractivity contribution in [2.75, 3.05) is 18.0 Å². The number of piperidine rings is 1. The number of allylic oxidation sites excluding steroid dienone is 1. The number of nitrogens with one attached hydrogen (secondary N) is 1. The van der Waals surface area contributed by atoms with E-state index in [1.54, 1.807) is 0 Å². The Morgan fingerprint density at radius 3 is 2.21 bits per heavy atom. The van der Waals surface area contributed by atoms with E-state index in [0.717, 1.165) is 65.6 Å². The molecule has 4 aliphatic heterocycles. The molecule has 1 aliphatic carbocycles. The first-order valence-corrected chi connectivity index (χ1v) is 19.8. The van der Waals surface area contributed by atoms with Crippen molar-refractivity contribution in [3.63, 3.8) is 0 Å².